The topological polar surface area (TPSA) is 48.8 Å². The van der Waals surface area contributed by atoms with Crippen LogP contribution in [0.2, 0.25) is 0 Å². The summed E-state index contributed by atoms with van der Waals surface area (Å²) < 4.78 is 13.4. The van der Waals surface area contributed by atoms with Crippen LogP contribution >= 0.6 is 0 Å². The maximum absolute atomic E-state index is 6.31. The fourth-order valence-corrected chi connectivity index (χ4v) is 4.53. The third-order valence-electron chi connectivity index (χ3n) is 6.26. The molecule has 2 heterocycles. The van der Waals surface area contributed by atoms with Crippen molar-refractivity contribution < 1.29 is 14.3 Å². The smallest absolute Gasteiger partial charge is 0.119 e. The number of fused-ring (bicyclic) bond motifs is 1. The van der Waals surface area contributed by atoms with Gasteiger partial charge in [-0.1, -0.05) is 36.4 Å². The van der Waals surface area contributed by atoms with Gasteiger partial charge in [0.1, 0.15) is 24.2 Å². The monoisotopic (exact) mass is 429 g/mol. The van der Waals surface area contributed by atoms with E-state index in [1.54, 1.807) is 7.11 Å². The number of aromatic nitrogens is 2. The summed E-state index contributed by atoms with van der Waals surface area (Å²) in [6.07, 6.45) is 6.40. The van der Waals surface area contributed by atoms with E-state index < -0.39 is 0 Å². The summed E-state index contributed by atoms with van der Waals surface area (Å²) in [6, 6.07) is 22.8. The highest BCUT2D eigenvalue weighted by atomic mass is 16.7. The zero-order chi connectivity index (χ0) is 22.0. The van der Waals surface area contributed by atoms with Crippen molar-refractivity contribution in [2.24, 2.45) is 0 Å². The fourth-order valence-electron chi connectivity index (χ4n) is 4.53. The summed E-state index contributed by atoms with van der Waals surface area (Å²) in [6.45, 7) is 1.21. The van der Waals surface area contributed by atoms with Crippen LogP contribution in [0, 0.1) is 0 Å². The molecule has 0 spiro atoms. The Labute approximate surface area is 187 Å². The number of hydrogen-bond donors (Lipinski definition) is 0. The lowest BCUT2D eigenvalue weighted by atomic mass is 9.84. The number of ether oxygens (including phenoxy) is 2. The second-order valence-electron chi connectivity index (χ2n) is 8.24. The maximum atomic E-state index is 6.31. The van der Waals surface area contributed by atoms with Crippen LogP contribution in [-0.2, 0) is 16.9 Å². The van der Waals surface area contributed by atoms with Crippen LogP contribution in [0.4, 0.5) is 0 Å². The Morgan fingerprint density at radius 3 is 2.56 bits per heavy atom. The minimum atomic E-state index is -0.335. The molecule has 2 atom stereocenters. The summed E-state index contributed by atoms with van der Waals surface area (Å²) in [5.74, 6) is 1.61. The van der Waals surface area contributed by atoms with Gasteiger partial charge in [0, 0.05) is 32.4 Å². The van der Waals surface area contributed by atoms with Crippen molar-refractivity contribution in [3.05, 3.63) is 91.0 Å². The average molecular weight is 430 g/mol. The third-order valence-corrected chi connectivity index (χ3v) is 6.26. The van der Waals surface area contributed by atoms with Crippen LogP contribution in [-0.4, -0.2) is 41.5 Å². The zero-order valence-corrected chi connectivity index (χ0v) is 18.3. The number of benzene rings is 3. The van der Waals surface area contributed by atoms with Crippen molar-refractivity contribution in [3.8, 4) is 11.5 Å². The van der Waals surface area contributed by atoms with Gasteiger partial charge >= 0.3 is 0 Å². The first-order valence-electron chi connectivity index (χ1n) is 10.8. The van der Waals surface area contributed by atoms with Crippen molar-refractivity contribution >= 4 is 10.8 Å². The average Bonchev–Trinajstić information content (AvgIpc) is 3.46. The van der Waals surface area contributed by atoms with Crippen molar-refractivity contribution in [1.29, 1.82) is 0 Å². The molecule has 0 saturated carbocycles. The molecule has 6 heteroatoms. The summed E-state index contributed by atoms with van der Waals surface area (Å²) >= 11 is 0. The molecular formula is C26H27N3O3. The van der Waals surface area contributed by atoms with Crippen LogP contribution in [0.1, 0.15) is 12.0 Å². The van der Waals surface area contributed by atoms with E-state index in [1.165, 1.54) is 16.3 Å². The molecule has 0 aliphatic carbocycles. The highest BCUT2D eigenvalue weighted by Crippen LogP contribution is 2.42. The van der Waals surface area contributed by atoms with E-state index in [-0.39, 0.29) is 11.6 Å². The van der Waals surface area contributed by atoms with E-state index in [0.717, 1.165) is 24.5 Å². The lowest BCUT2D eigenvalue weighted by Crippen LogP contribution is -2.41. The zero-order valence-electron chi connectivity index (χ0n) is 18.3. The second kappa shape index (κ2) is 8.65. The Morgan fingerprint density at radius 1 is 1.03 bits per heavy atom. The van der Waals surface area contributed by atoms with Gasteiger partial charge in [-0.25, -0.2) is 4.98 Å². The van der Waals surface area contributed by atoms with Crippen molar-refractivity contribution in [1.82, 2.24) is 14.6 Å². The predicted molar refractivity (Wildman–Crippen MR) is 124 cm³/mol. The van der Waals surface area contributed by atoms with Crippen LogP contribution < -0.4 is 9.47 Å². The predicted octanol–water partition coefficient (Wildman–Crippen LogP) is 4.66. The molecule has 1 aliphatic heterocycles. The van der Waals surface area contributed by atoms with Crippen LogP contribution in [0.5, 0.6) is 11.5 Å². The first-order chi connectivity index (χ1) is 15.7. The van der Waals surface area contributed by atoms with Gasteiger partial charge in [-0.3, -0.25) is 4.84 Å². The molecule has 1 aromatic heterocycles. The molecule has 0 N–H and O–H groups in total. The normalized spacial score (nSPS) is 21.1. The summed E-state index contributed by atoms with van der Waals surface area (Å²) in [4.78, 5) is 10.6. The third kappa shape index (κ3) is 3.95. The number of imidazole rings is 1. The Kier molecular flexibility index (Phi) is 5.55. The first kappa shape index (κ1) is 20.5. The van der Waals surface area contributed by atoms with E-state index in [9.17, 15) is 0 Å². The van der Waals surface area contributed by atoms with Gasteiger partial charge in [-0.15, -0.1) is 0 Å². The molecule has 1 saturated heterocycles. The van der Waals surface area contributed by atoms with E-state index in [4.69, 9.17) is 14.3 Å². The Balaban J connectivity index is 1.41. The number of likely N-dealkylation sites (N-methyl/N-ethyl adjacent to an activating group) is 1. The van der Waals surface area contributed by atoms with Crippen LogP contribution in [0.15, 0.2) is 85.5 Å². The van der Waals surface area contributed by atoms with Gasteiger partial charge in [0.05, 0.1) is 19.0 Å². The molecule has 0 radical (unpaired) electrons. The summed E-state index contributed by atoms with van der Waals surface area (Å²) in [5.41, 5.74) is 0.887. The number of hydrogen-bond acceptors (Lipinski definition) is 5. The molecule has 1 fully saturated rings. The lowest BCUT2D eigenvalue weighted by molar-refractivity contribution is -0.179. The standard InChI is InChI=1S/C26H27N3O3/c1-28-26(18-29-14-13-27-19-29,22-8-7-20-5-3-4-6-21(20)15-22)16-25(32-28)17-31-24-11-9-23(30-2)10-12-24/h3-15,19,25H,16-18H2,1-2H3. The minimum Gasteiger partial charge on any atom is -0.497 e. The van der Waals surface area contributed by atoms with Crippen molar-refractivity contribution in [2.45, 2.75) is 24.6 Å². The molecule has 5 rings (SSSR count). The molecule has 6 nitrogen and oxygen atoms in total. The first-order valence-corrected chi connectivity index (χ1v) is 10.8. The fraction of sp³-hybridized carbons (Fsp3) is 0.269. The molecule has 0 amide bonds. The molecule has 4 aromatic rings. The highest BCUT2D eigenvalue weighted by molar-refractivity contribution is 5.83. The largest absolute Gasteiger partial charge is 0.497 e. The van der Waals surface area contributed by atoms with Crippen molar-refractivity contribution in [3.63, 3.8) is 0 Å². The molecule has 3 aromatic carbocycles. The number of methoxy groups -OCH3 is 1. The van der Waals surface area contributed by atoms with Gasteiger partial charge in [0.2, 0.25) is 0 Å². The minimum absolute atomic E-state index is 0.0721. The molecule has 2 unspecified atom stereocenters. The lowest BCUT2D eigenvalue weighted by Gasteiger charge is -2.35. The molecule has 164 valence electrons. The van der Waals surface area contributed by atoms with Crippen LogP contribution in [0.3, 0.4) is 0 Å². The Hall–Kier alpha value is -3.35. The van der Waals surface area contributed by atoms with Gasteiger partial charge < -0.3 is 14.0 Å². The molecule has 0 bridgehead atoms. The van der Waals surface area contributed by atoms with E-state index in [2.05, 4.69) is 52.0 Å². The summed E-state index contributed by atoms with van der Waals surface area (Å²) in [5, 5.41) is 4.45. The summed E-state index contributed by atoms with van der Waals surface area (Å²) in [7, 11) is 3.67. The molecular weight excluding hydrogens is 402 g/mol. The quantitative estimate of drug-likeness (QED) is 0.428. The van der Waals surface area contributed by atoms with Gasteiger partial charge in [-0.05, 0) is 46.7 Å². The van der Waals surface area contributed by atoms with E-state index in [1.807, 2.05) is 55.1 Å². The number of hydroxylamine groups is 2. The van der Waals surface area contributed by atoms with Crippen LogP contribution in [0.25, 0.3) is 10.8 Å². The highest BCUT2D eigenvalue weighted by Gasteiger charge is 2.47. The van der Waals surface area contributed by atoms with Crippen molar-refractivity contribution in [2.75, 3.05) is 20.8 Å². The maximum Gasteiger partial charge on any atom is 0.119 e. The van der Waals surface area contributed by atoms with Gasteiger partial charge in [-0.2, -0.15) is 5.06 Å². The Morgan fingerprint density at radius 2 is 1.81 bits per heavy atom. The van der Waals surface area contributed by atoms with E-state index >= 15 is 0 Å². The second-order valence-corrected chi connectivity index (χ2v) is 8.24. The molecule has 1 aliphatic rings. The van der Waals surface area contributed by atoms with Gasteiger partial charge in [0.25, 0.3) is 0 Å². The Bertz CT molecular complexity index is 1180. The number of nitrogens with zero attached hydrogens (tertiary/aromatic N) is 3. The van der Waals surface area contributed by atoms with Gasteiger partial charge in [0.15, 0.2) is 0 Å². The van der Waals surface area contributed by atoms with E-state index in [0.29, 0.717) is 6.61 Å². The number of rotatable bonds is 7. The SMILES string of the molecule is COc1ccc(OCC2CC(Cn3ccnc3)(c3ccc4ccccc4c3)N(C)O2)cc1. The molecule has 32 heavy (non-hydrogen) atoms.